The van der Waals surface area contributed by atoms with Gasteiger partial charge in [0.2, 0.25) is 5.89 Å². The molecule has 0 saturated heterocycles. The maximum atomic E-state index is 12.0. The predicted octanol–water partition coefficient (Wildman–Crippen LogP) is 1.75. The van der Waals surface area contributed by atoms with Crippen LogP contribution in [0.1, 0.15) is 35.4 Å². The minimum Gasteiger partial charge on any atom is -0.339 e. The molecule has 0 N–H and O–H groups in total. The van der Waals surface area contributed by atoms with Crippen LogP contribution in [0.3, 0.4) is 0 Å². The highest BCUT2D eigenvalue weighted by Crippen LogP contribution is 2.29. The molecule has 0 atom stereocenters. The van der Waals surface area contributed by atoms with E-state index in [1.165, 1.54) is 4.90 Å². The molecule has 0 spiro atoms. The Balaban J connectivity index is 1.87. The number of Topliss-reactive ketones (excluding diaryl/α,β-unsaturated/α-hetero) is 1. The second kappa shape index (κ2) is 4.88. The van der Waals surface area contributed by atoms with Crippen LogP contribution in [0.25, 0.3) is 0 Å². The summed E-state index contributed by atoms with van der Waals surface area (Å²) in [4.78, 5) is 29.4. The first kappa shape index (κ1) is 12.5. The van der Waals surface area contributed by atoms with E-state index >= 15 is 0 Å². The van der Waals surface area contributed by atoms with E-state index in [1.54, 1.807) is 24.3 Å². The maximum Gasteiger partial charge on any atom is 0.299 e. The fourth-order valence-corrected chi connectivity index (χ4v) is 2.22. The average Bonchev–Trinajstić information content (AvgIpc) is 2.99. The van der Waals surface area contributed by atoms with Gasteiger partial charge in [0.1, 0.15) is 0 Å². The summed E-state index contributed by atoms with van der Waals surface area (Å²) in [5, 5.41) is 3.84. The Labute approximate surface area is 115 Å². The van der Waals surface area contributed by atoms with Crippen molar-refractivity contribution in [2.24, 2.45) is 0 Å². The Morgan fingerprint density at radius 3 is 2.85 bits per heavy atom. The lowest BCUT2D eigenvalue weighted by atomic mass is 10.1. The Morgan fingerprint density at radius 2 is 2.05 bits per heavy atom. The number of hydrogen-bond acceptors (Lipinski definition) is 5. The fraction of sp³-hybridized carbons (Fsp3) is 0.286. The molecule has 102 valence electrons. The molecule has 0 fully saturated rings. The fourth-order valence-electron chi connectivity index (χ4n) is 2.22. The molecule has 0 bridgehead atoms. The van der Waals surface area contributed by atoms with Crippen LogP contribution in [-0.4, -0.2) is 21.8 Å². The molecular formula is C14H13N3O3. The van der Waals surface area contributed by atoms with Gasteiger partial charge < -0.3 is 4.52 Å². The number of carbonyl (C=O) groups is 2. The summed E-state index contributed by atoms with van der Waals surface area (Å²) in [6.45, 7) is 2.16. The van der Waals surface area contributed by atoms with E-state index < -0.39 is 11.7 Å². The molecule has 1 aliphatic rings. The first-order valence-corrected chi connectivity index (χ1v) is 6.47. The van der Waals surface area contributed by atoms with Gasteiger partial charge in [-0.15, -0.1) is 0 Å². The zero-order chi connectivity index (χ0) is 14.1. The molecule has 0 radical (unpaired) electrons. The van der Waals surface area contributed by atoms with Crippen LogP contribution in [-0.2, 0) is 17.8 Å². The van der Waals surface area contributed by atoms with E-state index in [9.17, 15) is 9.59 Å². The van der Waals surface area contributed by atoms with Crippen molar-refractivity contribution in [2.75, 3.05) is 4.90 Å². The van der Waals surface area contributed by atoms with Crippen LogP contribution in [0.5, 0.6) is 0 Å². The lowest BCUT2D eigenvalue weighted by molar-refractivity contribution is -0.114. The normalized spacial score (nSPS) is 13.9. The highest BCUT2D eigenvalue weighted by molar-refractivity contribution is 6.52. The molecule has 1 amide bonds. The number of nitrogens with zero attached hydrogens (tertiary/aromatic N) is 3. The van der Waals surface area contributed by atoms with Gasteiger partial charge in [0, 0.05) is 6.42 Å². The van der Waals surface area contributed by atoms with Crippen molar-refractivity contribution in [1.82, 2.24) is 10.1 Å². The lowest BCUT2D eigenvalue weighted by Crippen LogP contribution is -2.29. The van der Waals surface area contributed by atoms with Crippen LogP contribution in [0.15, 0.2) is 28.8 Å². The number of carbonyl (C=O) groups excluding carboxylic acids is 2. The van der Waals surface area contributed by atoms with Crippen LogP contribution >= 0.6 is 0 Å². The number of fused-ring (bicyclic) bond motifs is 1. The smallest absolute Gasteiger partial charge is 0.299 e. The van der Waals surface area contributed by atoms with Crippen molar-refractivity contribution in [2.45, 2.75) is 26.3 Å². The Hall–Kier alpha value is -2.50. The molecule has 6 heteroatoms. The van der Waals surface area contributed by atoms with Crippen molar-refractivity contribution < 1.29 is 14.1 Å². The average molecular weight is 271 g/mol. The summed E-state index contributed by atoms with van der Waals surface area (Å²) < 4.78 is 5.08. The van der Waals surface area contributed by atoms with Crippen molar-refractivity contribution >= 4 is 17.4 Å². The molecule has 0 saturated carbocycles. The second-order valence-corrected chi connectivity index (χ2v) is 4.59. The largest absolute Gasteiger partial charge is 0.339 e. The summed E-state index contributed by atoms with van der Waals surface area (Å²) in [6, 6.07) is 6.91. The topological polar surface area (TPSA) is 76.3 Å². The summed E-state index contributed by atoms with van der Waals surface area (Å²) in [6.07, 6.45) is 1.61. The van der Waals surface area contributed by atoms with Gasteiger partial charge in [-0.25, -0.2) is 0 Å². The number of aromatic nitrogens is 2. The number of benzene rings is 1. The number of anilines is 1. The van der Waals surface area contributed by atoms with Crippen molar-refractivity contribution in [3.05, 3.63) is 41.5 Å². The zero-order valence-electron chi connectivity index (χ0n) is 11.0. The van der Waals surface area contributed by atoms with Crippen molar-refractivity contribution in [1.29, 1.82) is 0 Å². The molecule has 20 heavy (non-hydrogen) atoms. The maximum absolute atomic E-state index is 12.0. The first-order chi connectivity index (χ1) is 9.70. The van der Waals surface area contributed by atoms with Crippen LogP contribution in [0.2, 0.25) is 0 Å². The Bertz CT molecular complexity index is 678. The van der Waals surface area contributed by atoms with Crippen LogP contribution in [0.4, 0.5) is 5.69 Å². The molecule has 1 aromatic carbocycles. The van der Waals surface area contributed by atoms with Crippen LogP contribution < -0.4 is 4.90 Å². The summed E-state index contributed by atoms with van der Waals surface area (Å²) >= 11 is 0. The highest BCUT2D eigenvalue weighted by Gasteiger charge is 2.36. The third kappa shape index (κ3) is 1.99. The summed E-state index contributed by atoms with van der Waals surface area (Å²) in [7, 11) is 0. The van der Waals surface area contributed by atoms with Crippen molar-refractivity contribution in [3.63, 3.8) is 0 Å². The molecule has 2 heterocycles. The number of amides is 1. The SMILES string of the molecule is CCCc1nc(CN2C(=O)C(=O)c3ccccc32)no1. The lowest BCUT2D eigenvalue weighted by Gasteiger charge is -2.13. The molecule has 0 aliphatic carbocycles. The molecule has 1 aromatic heterocycles. The third-order valence-electron chi connectivity index (χ3n) is 3.15. The van der Waals surface area contributed by atoms with Gasteiger partial charge in [-0.1, -0.05) is 24.2 Å². The Kier molecular flexibility index (Phi) is 3.06. The first-order valence-electron chi connectivity index (χ1n) is 6.47. The van der Waals surface area contributed by atoms with Gasteiger partial charge in [0.25, 0.3) is 11.7 Å². The zero-order valence-corrected chi connectivity index (χ0v) is 11.0. The predicted molar refractivity (Wildman–Crippen MR) is 70.3 cm³/mol. The number of ketones is 1. The van der Waals surface area contributed by atoms with Crippen LogP contribution in [0, 0.1) is 0 Å². The number of hydrogen-bond donors (Lipinski definition) is 0. The van der Waals surface area contributed by atoms with Gasteiger partial charge in [0.05, 0.1) is 17.8 Å². The number of para-hydroxylation sites is 1. The third-order valence-corrected chi connectivity index (χ3v) is 3.15. The van der Waals surface area contributed by atoms with Gasteiger partial charge in [-0.3, -0.25) is 14.5 Å². The number of rotatable bonds is 4. The molecule has 3 rings (SSSR count). The molecule has 6 nitrogen and oxygen atoms in total. The summed E-state index contributed by atoms with van der Waals surface area (Å²) in [5.74, 6) is -0.0778. The van der Waals surface area contributed by atoms with Gasteiger partial charge in [0.15, 0.2) is 5.82 Å². The minimum absolute atomic E-state index is 0.148. The van der Waals surface area contributed by atoms with E-state index in [0.717, 1.165) is 6.42 Å². The van der Waals surface area contributed by atoms with E-state index in [0.29, 0.717) is 29.4 Å². The van der Waals surface area contributed by atoms with E-state index in [2.05, 4.69) is 10.1 Å². The second-order valence-electron chi connectivity index (χ2n) is 4.59. The minimum atomic E-state index is -0.548. The standard InChI is InChI=1S/C14H13N3O3/c1-2-5-12-15-11(16-20-12)8-17-10-7-4-3-6-9(10)13(18)14(17)19/h3-4,6-7H,2,5,8H2,1H3. The van der Waals surface area contributed by atoms with Crippen molar-refractivity contribution in [3.8, 4) is 0 Å². The van der Waals surface area contributed by atoms with Gasteiger partial charge in [-0.05, 0) is 18.6 Å². The highest BCUT2D eigenvalue weighted by atomic mass is 16.5. The molecule has 2 aromatic rings. The van der Waals surface area contributed by atoms with E-state index in [4.69, 9.17) is 4.52 Å². The monoisotopic (exact) mass is 271 g/mol. The number of aryl methyl sites for hydroxylation is 1. The van der Waals surface area contributed by atoms with Gasteiger partial charge in [-0.2, -0.15) is 4.98 Å². The molecule has 1 aliphatic heterocycles. The van der Waals surface area contributed by atoms with E-state index in [-0.39, 0.29) is 6.54 Å². The van der Waals surface area contributed by atoms with Gasteiger partial charge >= 0.3 is 0 Å². The Morgan fingerprint density at radius 1 is 1.25 bits per heavy atom. The summed E-state index contributed by atoms with van der Waals surface area (Å²) in [5.41, 5.74) is 1.03. The quantitative estimate of drug-likeness (QED) is 0.792. The molecular weight excluding hydrogens is 258 g/mol. The van der Waals surface area contributed by atoms with E-state index in [1.807, 2.05) is 6.92 Å². The molecule has 0 unspecified atom stereocenters.